The van der Waals surface area contributed by atoms with Gasteiger partial charge >= 0.3 is 0 Å². The second kappa shape index (κ2) is 6.95. The van der Waals surface area contributed by atoms with Crippen molar-refractivity contribution in [2.24, 2.45) is 0 Å². The van der Waals surface area contributed by atoms with Crippen molar-refractivity contribution in [3.8, 4) is 16.9 Å². The van der Waals surface area contributed by atoms with Crippen molar-refractivity contribution in [1.29, 1.82) is 0 Å². The molecule has 3 rings (SSSR count). The van der Waals surface area contributed by atoms with E-state index in [9.17, 15) is 0 Å². The lowest BCUT2D eigenvalue weighted by molar-refractivity contribution is 0.340. The molecule has 0 amide bonds. The summed E-state index contributed by atoms with van der Waals surface area (Å²) >= 11 is 0. The Balaban J connectivity index is 1.86. The zero-order valence-electron chi connectivity index (χ0n) is 12.8. The van der Waals surface area contributed by atoms with E-state index in [0.29, 0.717) is 6.61 Å². The summed E-state index contributed by atoms with van der Waals surface area (Å²) in [6.07, 6.45) is 0.928. The number of ether oxygens (including phenoxy) is 1. The molecule has 0 N–H and O–H groups in total. The molecule has 0 saturated heterocycles. The first-order valence-corrected chi connectivity index (χ1v) is 7.72. The zero-order valence-corrected chi connectivity index (χ0v) is 12.8. The van der Waals surface area contributed by atoms with Crippen LogP contribution in [0.3, 0.4) is 0 Å². The molecule has 0 heterocycles. The molecule has 0 aromatic heterocycles. The van der Waals surface area contributed by atoms with Crippen LogP contribution in [0.15, 0.2) is 78.9 Å². The lowest BCUT2D eigenvalue weighted by Gasteiger charge is -2.10. The van der Waals surface area contributed by atoms with Gasteiger partial charge in [0.2, 0.25) is 0 Å². The predicted octanol–water partition coefficient (Wildman–Crippen LogP) is 5.34. The Morgan fingerprint density at radius 2 is 1.41 bits per heavy atom. The third-order valence-corrected chi connectivity index (χ3v) is 3.73. The molecule has 0 unspecified atom stereocenters. The van der Waals surface area contributed by atoms with E-state index in [0.717, 1.165) is 12.2 Å². The van der Waals surface area contributed by atoms with Gasteiger partial charge in [-0.25, -0.2) is 0 Å². The Bertz CT molecular complexity index is 714. The molecule has 0 spiro atoms. The van der Waals surface area contributed by atoms with Crippen LogP contribution in [0.4, 0.5) is 0 Å². The van der Waals surface area contributed by atoms with E-state index in [2.05, 4.69) is 66.7 Å². The molecule has 0 saturated carbocycles. The molecule has 0 fully saturated rings. The molecule has 0 aliphatic rings. The van der Waals surface area contributed by atoms with Gasteiger partial charge in [-0.05, 0) is 47.7 Å². The van der Waals surface area contributed by atoms with Crippen LogP contribution >= 0.6 is 0 Å². The highest BCUT2D eigenvalue weighted by molar-refractivity contribution is 5.67. The molecule has 22 heavy (non-hydrogen) atoms. The van der Waals surface area contributed by atoms with Gasteiger partial charge in [-0.15, -0.1) is 0 Å². The summed E-state index contributed by atoms with van der Waals surface area (Å²) in [6.45, 7) is 2.71. The minimum absolute atomic E-state index is 0.705. The SMILES string of the molecule is CCOc1ccc(Cc2ccccc2-c2ccccc2)cc1. The highest BCUT2D eigenvalue weighted by atomic mass is 16.5. The van der Waals surface area contributed by atoms with Crippen molar-refractivity contribution in [2.45, 2.75) is 13.3 Å². The van der Waals surface area contributed by atoms with E-state index in [1.807, 2.05) is 19.1 Å². The Morgan fingerprint density at radius 1 is 0.727 bits per heavy atom. The van der Waals surface area contributed by atoms with Crippen LogP contribution in [-0.2, 0) is 6.42 Å². The summed E-state index contributed by atoms with van der Waals surface area (Å²) in [5, 5.41) is 0. The fourth-order valence-electron chi connectivity index (χ4n) is 2.66. The molecular formula is C21H20O. The van der Waals surface area contributed by atoms with Crippen molar-refractivity contribution in [2.75, 3.05) is 6.61 Å². The molecule has 1 nitrogen and oxygen atoms in total. The van der Waals surface area contributed by atoms with Gasteiger partial charge in [0.1, 0.15) is 5.75 Å². The summed E-state index contributed by atoms with van der Waals surface area (Å²) in [4.78, 5) is 0. The maximum absolute atomic E-state index is 5.50. The number of hydrogen-bond acceptors (Lipinski definition) is 1. The largest absolute Gasteiger partial charge is 0.494 e. The van der Waals surface area contributed by atoms with Crippen LogP contribution < -0.4 is 4.74 Å². The average molecular weight is 288 g/mol. The van der Waals surface area contributed by atoms with E-state index in [1.165, 1.54) is 22.3 Å². The minimum Gasteiger partial charge on any atom is -0.494 e. The van der Waals surface area contributed by atoms with Gasteiger partial charge in [0.05, 0.1) is 6.61 Å². The van der Waals surface area contributed by atoms with Gasteiger partial charge < -0.3 is 4.74 Å². The fourth-order valence-corrected chi connectivity index (χ4v) is 2.66. The first-order valence-electron chi connectivity index (χ1n) is 7.72. The minimum atomic E-state index is 0.705. The van der Waals surface area contributed by atoms with Crippen molar-refractivity contribution in [3.05, 3.63) is 90.0 Å². The van der Waals surface area contributed by atoms with Gasteiger partial charge in [0.15, 0.2) is 0 Å². The highest BCUT2D eigenvalue weighted by Crippen LogP contribution is 2.26. The molecule has 0 aliphatic carbocycles. The highest BCUT2D eigenvalue weighted by Gasteiger charge is 2.05. The number of hydrogen-bond donors (Lipinski definition) is 0. The third-order valence-electron chi connectivity index (χ3n) is 3.73. The quantitative estimate of drug-likeness (QED) is 0.615. The molecule has 3 aromatic carbocycles. The molecule has 0 bridgehead atoms. The van der Waals surface area contributed by atoms with Crippen LogP contribution in [0.1, 0.15) is 18.1 Å². The van der Waals surface area contributed by atoms with Crippen LogP contribution in [-0.4, -0.2) is 6.61 Å². The topological polar surface area (TPSA) is 9.23 Å². The molecule has 0 aliphatic heterocycles. The van der Waals surface area contributed by atoms with Gasteiger partial charge in [-0.2, -0.15) is 0 Å². The van der Waals surface area contributed by atoms with Gasteiger partial charge in [0, 0.05) is 0 Å². The maximum atomic E-state index is 5.50. The van der Waals surface area contributed by atoms with Crippen LogP contribution in [0, 0.1) is 0 Å². The lowest BCUT2D eigenvalue weighted by Crippen LogP contribution is -1.94. The second-order valence-electron chi connectivity index (χ2n) is 5.28. The Labute approximate surface area is 132 Å². The monoisotopic (exact) mass is 288 g/mol. The van der Waals surface area contributed by atoms with Crippen molar-refractivity contribution >= 4 is 0 Å². The summed E-state index contributed by atoms with van der Waals surface area (Å²) in [7, 11) is 0. The smallest absolute Gasteiger partial charge is 0.119 e. The predicted molar refractivity (Wildman–Crippen MR) is 92.3 cm³/mol. The lowest BCUT2D eigenvalue weighted by atomic mass is 9.95. The van der Waals surface area contributed by atoms with Crippen molar-refractivity contribution in [1.82, 2.24) is 0 Å². The van der Waals surface area contributed by atoms with E-state index in [1.54, 1.807) is 0 Å². The normalized spacial score (nSPS) is 10.4. The summed E-state index contributed by atoms with van der Waals surface area (Å²) in [5.74, 6) is 0.933. The molecule has 3 aromatic rings. The summed E-state index contributed by atoms with van der Waals surface area (Å²) < 4.78 is 5.50. The fraction of sp³-hybridized carbons (Fsp3) is 0.143. The Kier molecular flexibility index (Phi) is 4.55. The summed E-state index contributed by atoms with van der Waals surface area (Å²) in [5.41, 5.74) is 5.21. The summed E-state index contributed by atoms with van der Waals surface area (Å²) in [6, 6.07) is 27.5. The molecule has 110 valence electrons. The molecular weight excluding hydrogens is 268 g/mol. The van der Waals surface area contributed by atoms with Gasteiger partial charge in [-0.1, -0.05) is 66.7 Å². The van der Waals surface area contributed by atoms with E-state index < -0.39 is 0 Å². The molecule has 0 atom stereocenters. The maximum Gasteiger partial charge on any atom is 0.119 e. The van der Waals surface area contributed by atoms with E-state index in [-0.39, 0.29) is 0 Å². The van der Waals surface area contributed by atoms with Gasteiger partial charge in [-0.3, -0.25) is 0 Å². The van der Waals surface area contributed by atoms with Crippen LogP contribution in [0.5, 0.6) is 5.75 Å². The molecule has 1 heteroatoms. The second-order valence-corrected chi connectivity index (χ2v) is 5.28. The van der Waals surface area contributed by atoms with Gasteiger partial charge in [0.25, 0.3) is 0 Å². The Hall–Kier alpha value is -2.54. The standard InChI is InChI=1S/C21H20O/c1-2-22-20-14-12-17(13-15-20)16-19-10-6-7-11-21(19)18-8-4-3-5-9-18/h3-15H,2,16H2,1H3. The Morgan fingerprint density at radius 3 is 2.14 bits per heavy atom. The first-order chi connectivity index (χ1) is 10.9. The average Bonchev–Trinajstić information content (AvgIpc) is 2.58. The van der Waals surface area contributed by atoms with Crippen molar-refractivity contribution in [3.63, 3.8) is 0 Å². The number of rotatable bonds is 5. The van der Waals surface area contributed by atoms with Crippen molar-refractivity contribution < 1.29 is 4.74 Å². The van der Waals surface area contributed by atoms with Crippen LogP contribution in [0.25, 0.3) is 11.1 Å². The van der Waals surface area contributed by atoms with E-state index in [4.69, 9.17) is 4.74 Å². The molecule has 0 radical (unpaired) electrons. The van der Waals surface area contributed by atoms with E-state index >= 15 is 0 Å². The zero-order chi connectivity index (χ0) is 15.2. The first kappa shape index (κ1) is 14.4. The van der Waals surface area contributed by atoms with Crippen LogP contribution in [0.2, 0.25) is 0 Å². The number of benzene rings is 3. The third kappa shape index (κ3) is 3.37.